The molecular weight excluding hydrogens is 390 g/mol. The Kier molecular flexibility index (Phi) is 7.13. The molecule has 0 bridgehead atoms. The molecular formula is C25H29N3O3. The van der Waals surface area contributed by atoms with Gasteiger partial charge in [-0.05, 0) is 56.2 Å². The Morgan fingerprint density at radius 1 is 1.13 bits per heavy atom. The van der Waals surface area contributed by atoms with Crippen LogP contribution in [0.3, 0.4) is 0 Å². The fourth-order valence-electron chi connectivity index (χ4n) is 3.37. The summed E-state index contributed by atoms with van der Waals surface area (Å²) < 4.78 is 13.3. The van der Waals surface area contributed by atoms with E-state index in [-0.39, 0.29) is 5.91 Å². The van der Waals surface area contributed by atoms with Crippen LogP contribution in [0.2, 0.25) is 0 Å². The molecule has 3 aromatic rings. The normalized spacial score (nSPS) is 11.0. The van der Waals surface area contributed by atoms with Gasteiger partial charge in [0.15, 0.2) is 0 Å². The van der Waals surface area contributed by atoms with Crippen molar-refractivity contribution in [3.63, 3.8) is 0 Å². The number of hydrogen-bond donors (Lipinski definition) is 1. The van der Waals surface area contributed by atoms with Gasteiger partial charge in [-0.25, -0.2) is 0 Å². The number of nitrogens with one attached hydrogen (secondary N) is 1. The van der Waals surface area contributed by atoms with E-state index < -0.39 is 0 Å². The molecule has 6 heteroatoms. The SMILES string of the molecule is COc1ccc(/C=C/C(=O)NCc2c(C)nn(C)c2C)cc1COc1ccccc1C. The lowest BCUT2D eigenvalue weighted by molar-refractivity contribution is -0.116. The number of nitrogens with zero attached hydrogens (tertiary/aromatic N) is 2. The molecule has 0 aliphatic carbocycles. The molecule has 1 amide bonds. The van der Waals surface area contributed by atoms with Crippen LogP contribution < -0.4 is 14.8 Å². The zero-order valence-corrected chi connectivity index (χ0v) is 18.7. The number of aromatic nitrogens is 2. The molecule has 6 nitrogen and oxygen atoms in total. The quantitative estimate of drug-likeness (QED) is 0.554. The Morgan fingerprint density at radius 3 is 2.58 bits per heavy atom. The molecule has 162 valence electrons. The summed E-state index contributed by atoms with van der Waals surface area (Å²) in [5.74, 6) is 1.43. The molecule has 0 aliphatic rings. The van der Waals surface area contributed by atoms with Crippen molar-refractivity contribution in [1.82, 2.24) is 15.1 Å². The van der Waals surface area contributed by atoms with Gasteiger partial charge in [-0.15, -0.1) is 0 Å². The maximum absolute atomic E-state index is 12.3. The summed E-state index contributed by atoms with van der Waals surface area (Å²) in [6, 6.07) is 13.7. The molecule has 0 atom stereocenters. The second-order valence-corrected chi connectivity index (χ2v) is 7.45. The van der Waals surface area contributed by atoms with Gasteiger partial charge in [0.2, 0.25) is 5.91 Å². The van der Waals surface area contributed by atoms with Gasteiger partial charge in [0, 0.05) is 36.5 Å². The van der Waals surface area contributed by atoms with Crippen LogP contribution >= 0.6 is 0 Å². The van der Waals surface area contributed by atoms with Crippen LogP contribution in [-0.2, 0) is 25.0 Å². The zero-order chi connectivity index (χ0) is 22.4. The highest BCUT2D eigenvalue weighted by atomic mass is 16.5. The van der Waals surface area contributed by atoms with Crippen molar-refractivity contribution in [3.8, 4) is 11.5 Å². The van der Waals surface area contributed by atoms with Crippen LogP contribution in [0.1, 0.15) is 33.6 Å². The Morgan fingerprint density at radius 2 is 1.90 bits per heavy atom. The van der Waals surface area contributed by atoms with E-state index in [2.05, 4.69) is 10.4 Å². The van der Waals surface area contributed by atoms with E-state index in [1.165, 1.54) is 6.08 Å². The van der Waals surface area contributed by atoms with Gasteiger partial charge in [-0.3, -0.25) is 9.48 Å². The number of hydrogen-bond acceptors (Lipinski definition) is 4. The van der Waals surface area contributed by atoms with Crippen molar-refractivity contribution in [3.05, 3.63) is 82.2 Å². The van der Waals surface area contributed by atoms with Gasteiger partial charge in [0.25, 0.3) is 0 Å². The Hall–Kier alpha value is -3.54. The highest BCUT2D eigenvalue weighted by Gasteiger charge is 2.10. The van der Waals surface area contributed by atoms with E-state index >= 15 is 0 Å². The number of benzene rings is 2. The first-order valence-electron chi connectivity index (χ1n) is 10.2. The van der Waals surface area contributed by atoms with Crippen LogP contribution in [0.25, 0.3) is 6.08 Å². The van der Waals surface area contributed by atoms with Crippen LogP contribution in [0.15, 0.2) is 48.5 Å². The first-order valence-corrected chi connectivity index (χ1v) is 10.2. The molecule has 31 heavy (non-hydrogen) atoms. The highest BCUT2D eigenvalue weighted by Crippen LogP contribution is 2.24. The fraction of sp³-hybridized carbons (Fsp3) is 0.280. The number of rotatable bonds is 8. The number of amides is 1. The number of para-hydroxylation sites is 1. The van der Waals surface area contributed by atoms with Crippen molar-refractivity contribution in [2.75, 3.05) is 7.11 Å². The average Bonchev–Trinajstić information content (AvgIpc) is 3.01. The van der Waals surface area contributed by atoms with Gasteiger partial charge in [0.1, 0.15) is 18.1 Å². The summed E-state index contributed by atoms with van der Waals surface area (Å²) in [6.07, 6.45) is 3.32. The van der Waals surface area contributed by atoms with E-state index in [1.54, 1.807) is 13.2 Å². The first kappa shape index (κ1) is 22.2. The molecule has 0 aliphatic heterocycles. The van der Waals surface area contributed by atoms with Gasteiger partial charge in [-0.2, -0.15) is 5.10 Å². The van der Waals surface area contributed by atoms with Crippen molar-refractivity contribution in [1.29, 1.82) is 0 Å². The summed E-state index contributed by atoms with van der Waals surface area (Å²) in [4.78, 5) is 12.3. The largest absolute Gasteiger partial charge is 0.496 e. The zero-order valence-electron chi connectivity index (χ0n) is 18.7. The highest BCUT2D eigenvalue weighted by molar-refractivity contribution is 5.91. The minimum atomic E-state index is -0.156. The Labute approximate surface area is 183 Å². The summed E-state index contributed by atoms with van der Waals surface area (Å²) in [5, 5.41) is 7.30. The molecule has 2 aromatic carbocycles. The van der Waals surface area contributed by atoms with Crippen molar-refractivity contribution >= 4 is 12.0 Å². The predicted molar refractivity (Wildman–Crippen MR) is 122 cm³/mol. The average molecular weight is 420 g/mol. The van der Waals surface area contributed by atoms with Crippen LogP contribution in [0.5, 0.6) is 11.5 Å². The summed E-state index contributed by atoms with van der Waals surface area (Å²) in [7, 11) is 3.54. The number of carbonyl (C=O) groups is 1. The van der Waals surface area contributed by atoms with Crippen LogP contribution in [0, 0.1) is 20.8 Å². The number of aryl methyl sites for hydroxylation is 3. The maximum Gasteiger partial charge on any atom is 0.244 e. The Balaban J connectivity index is 1.65. The van der Waals surface area contributed by atoms with Gasteiger partial charge in [-0.1, -0.05) is 24.3 Å². The lowest BCUT2D eigenvalue weighted by Gasteiger charge is -2.12. The molecule has 0 saturated heterocycles. The maximum atomic E-state index is 12.3. The molecule has 0 fully saturated rings. The topological polar surface area (TPSA) is 65.4 Å². The van der Waals surface area contributed by atoms with Gasteiger partial charge < -0.3 is 14.8 Å². The second-order valence-electron chi connectivity index (χ2n) is 7.45. The second kappa shape index (κ2) is 9.98. The summed E-state index contributed by atoms with van der Waals surface area (Å²) in [5.41, 5.74) is 5.91. The molecule has 1 N–H and O–H groups in total. The van der Waals surface area contributed by atoms with Gasteiger partial charge >= 0.3 is 0 Å². The number of carbonyl (C=O) groups excluding carboxylic acids is 1. The van der Waals surface area contributed by atoms with E-state index in [4.69, 9.17) is 9.47 Å². The third kappa shape index (κ3) is 5.54. The number of ether oxygens (including phenoxy) is 2. The molecule has 0 saturated carbocycles. The molecule has 1 heterocycles. The summed E-state index contributed by atoms with van der Waals surface area (Å²) in [6.45, 7) is 6.78. The van der Waals surface area contributed by atoms with Crippen LogP contribution in [0.4, 0.5) is 0 Å². The third-order valence-corrected chi connectivity index (χ3v) is 5.31. The predicted octanol–water partition coefficient (Wildman–Crippen LogP) is 4.26. The monoisotopic (exact) mass is 419 g/mol. The number of methoxy groups -OCH3 is 1. The van der Waals surface area contributed by atoms with E-state index in [0.29, 0.717) is 13.2 Å². The van der Waals surface area contributed by atoms with E-state index in [1.807, 2.05) is 75.0 Å². The Bertz CT molecular complexity index is 1100. The third-order valence-electron chi connectivity index (χ3n) is 5.31. The van der Waals surface area contributed by atoms with Crippen molar-refractivity contribution in [2.24, 2.45) is 7.05 Å². The lowest BCUT2D eigenvalue weighted by Crippen LogP contribution is -2.21. The lowest BCUT2D eigenvalue weighted by atomic mass is 10.1. The molecule has 0 spiro atoms. The molecule has 1 aromatic heterocycles. The molecule has 3 rings (SSSR count). The first-order chi connectivity index (χ1) is 14.9. The smallest absolute Gasteiger partial charge is 0.244 e. The minimum Gasteiger partial charge on any atom is -0.496 e. The van der Waals surface area contributed by atoms with Crippen molar-refractivity contribution < 1.29 is 14.3 Å². The van der Waals surface area contributed by atoms with Crippen molar-refractivity contribution in [2.45, 2.75) is 33.9 Å². The van der Waals surface area contributed by atoms with E-state index in [9.17, 15) is 4.79 Å². The fourth-order valence-corrected chi connectivity index (χ4v) is 3.37. The van der Waals surface area contributed by atoms with Crippen LogP contribution in [-0.4, -0.2) is 22.8 Å². The van der Waals surface area contributed by atoms with Gasteiger partial charge in [0.05, 0.1) is 12.8 Å². The standard InChI is InChI=1S/C25H29N3O3/c1-17-8-6-7-9-23(17)31-16-21-14-20(10-12-24(21)30-5)11-13-25(29)26-15-22-18(2)27-28(4)19(22)3/h6-14H,15-16H2,1-5H3,(H,26,29)/b13-11+. The molecule has 0 radical (unpaired) electrons. The molecule has 0 unspecified atom stereocenters. The van der Waals surface area contributed by atoms with E-state index in [0.717, 1.165) is 45.1 Å². The summed E-state index contributed by atoms with van der Waals surface area (Å²) >= 11 is 0. The minimum absolute atomic E-state index is 0.156.